The summed E-state index contributed by atoms with van der Waals surface area (Å²) in [5.74, 6) is 8.03. The lowest BCUT2D eigenvalue weighted by atomic mass is 10.0. The first kappa shape index (κ1) is 13.9. The molecule has 1 N–H and O–H groups in total. The maximum Gasteiger partial charge on any atom is 0.201 e. The Morgan fingerprint density at radius 3 is 2.96 bits per heavy atom. The minimum Gasteiger partial charge on any atom is -0.381 e. The monoisotopic (exact) mass is 304 g/mol. The molecule has 0 saturated carbocycles. The molecule has 0 aliphatic carbocycles. The molecule has 0 spiro atoms. The first-order valence-corrected chi connectivity index (χ1v) is 7.74. The summed E-state index contributed by atoms with van der Waals surface area (Å²) in [5.41, 5.74) is 0.971. The van der Waals surface area contributed by atoms with Crippen LogP contribution in [0.4, 0.5) is 0 Å². The predicted octanol–water partition coefficient (Wildman–Crippen LogP) is 2.80. The molecule has 2 aromatic heterocycles. The number of hydrogen-bond acceptors (Lipinski definition) is 4. The number of nitrogens with zero attached hydrogens (tertiary/aromatic N) is 3. The summed E-state index contributed by atoms with van der Waals surface area (Å²) in [4.78, 5) is 8.61. The van der Waals surface area contributed by atoms with E-state index in [0.29, 0.717) is 17.6 Å². The number of H-pyrrole nitrogens is 1. The van der Waals surface area contributed by atoms with Crippen molar-refractivity contribution < 1.29 is 4.74 Å². The summed E-state index contributed by atoms with van der Waals surface area (Å²) in [7, 11) is 0. The van der Waals surface area contributed by atoms with Gasteiger partial charge in [0.2, 0.25) is 5.82 Å². The molecule has 0 radical (unpaired) electrons. The molecule has 3 heterocycles. The normalized spacial score (nSPS) is 15.3. The Morgan fingerprint density at radius 2 is 2.04 bits per heavy atom. The van der Waals surface area contributed by atoms with Crippen molar-refractivity contribution in [2.45, 2.75) is 12.8 Å². The molecular weight excluding hydrogens is 288 g/mol. The molecule has 4 rings (SSSR count). The molecule has 3 aromatic rings. The van der Waals surface area contributed by atoms with Crippen LogP contribution < -0.4 is 0 Å². The molecule has 1 fully saturated rings. The van der Waals surface area contributed by atoms with Crippen molar-refractivity contribution in [2.24, 2.45) is 5.92 Å². The van der Waals surface area contributed by atoms with Crippen molar-refractivity contribution in [1.82, 2.24) is 20.2 Å². The quantitative estimate of drug-likeness (QED) is 0.702. The lowest BCUT2D eigenvalue weighted by Gasteiger charge is -2.16. The molecule has 1 aliphatic heterocycles. The van der Waals surface area contributed by atoms with Crippen molar-refractivity contribution in [3.63, 3.8) is 0 Å². The van der Waals surface area contributed by atoms with Gasteiger partial charge in [-0.25, -0.2) is 0 Å². The van der Waals surface area contributed by atoms with Crippen LogP contribution in [0.2, 0.25) is 0 Å². The van der Waals surface area contributed by atoms with Crippen LogP contribution in [0.15, 0.2) is 36.7 Å². The van der Waals surface area contributed by atoms with E-state index in [2.05, 4.69) is 38.1 Å². The van der Waals surface area contributed by atoms with E-state index >= 15 is 0 Å². The number of aromatic nitrogens is 4. The van der Waals surface area contributed by atoms with Crippen molar-refractivity contribution >= 4 is 10.8 Å². The Hall–Kier alpha value is -2.71. The summed E-state index contributed by atoms with van der Waals surface area (Å²) in [6.45, 7) is 1.60. The van der Waals surface area contributed by atoms with E-state index < -0.39 is 0 Å². The molecular formula is C18H16N4O. The molecule has 0 unspecified atom stereocenters. The number of nitrogens with one attached hydrogen (secondary N) is 1. The fraction of sp³-hybridized carbons (Fsp3) is 0.278. The highest BCUT2D eigenvalue weighted by Gasteiger charge is 2.11. The van der Waals surface area contributed by atoms with Gasteiger partial charge in [0.1, 0.15) is 0 Å². The molecule has 5 nitrogen and oxygen atoms in total. The van der Waals surface area contributed by atoms with Gasteiger partial charge in [-0.1, -0.05) is 18.1 Å². The van der Waals surface area contributed by atoms with Crippen molar-refractivity contribution in [3.8, 4) is 23.2 Å². The van der Waals surface area contributed by atoms with E-state index in [1.807, 2.05) is 24.4 Å². The number of ether oxygens (including phenoxy) is 1. The van der Waals surface area contributed by atoms with Crippen LogP contribution in [0.3, 0.4) is 0 Å². The molecule has 0 amide bonds. The number of hydrogen-bond donors (Lipinski definition) is 1. The second-order valence-electron chi connectivity index (χ2n) is 5.60. The molecule has 1 aliphatic rings. The molecule has 1 aromatic carbocycles. The number of rotatable bonds is 1. The fourth-order valence-corrected chi connectivity index (χ4v) is 2.68. The van der Waals surface area contributed by atoms with Crippen LogP contribution >= 0.6 is 0 Å². The summed E-state index contributed by atoms with van der Waals surface area (Å²) < 4.78 is 5.34. The zero-order valence-electron chi connectivity index (χ0n) is 12.6. The second-order valence-corrected chi connectivity index (χ2v) is 5.60. The van der Waals surface area contributed by atoms with Crippen LogP contribution in [0.5, 0.6) is 0 Å². The van der Waals surface area contributed by atoms with Crippen molar-refractivity contribution in [2.75, 3.05) is 13.2 Å². The Kier molecular flexibility index (Phi) is 3.75. The predicted molar refractivity (Wildman–Crippen MR) is 87.5 cm³/mol. The minimum absolute atomic E-state index is 0.394. The molecule has 1 saturated heterocycles. The molecule has 114 valence electrons. The molecule has 5 heteroatoms. The van der Waals surface area contributed by atoms with Crippen LogP contribution in [-0.2, 0) is 4.74 Å². The zero-order valence-corrected chi connectivity index (χ0v) is 12.6. The van der Waals surface area contributed by atoms with E-state index in [-0.39, 0.29) is 0 Å². The summed E-state index contributed by atoms with van der Waals surface area (Å²) in [6.07, 6.45) is 5.62. The molecule has 0 bridgehead atoms. The van der Waals surface area contributed by atoms with E-state index in [1.165, 1.54) is 0 Å². The first-order valence-electron chi connectivity index (χ1n) is 7.74. The van der Waals surface area contributed by atoms with Gasteiger partial charge >= 0.3 is 0 Å². The summed E-state index contributed by atoms with van der Waals surface area (Å²) >= 11 is 0. The van der Waals surface area contributed by atoms with E-state index in [4.69, 9.17) is 4.74 Å². The number of fused-ring (bicyclic) bond motifs is 1. The topological polar surface area (TPSA) is 63.7 Å². The van der Waals surface area contributed by atoms with Crippen LogP contribution in [-0.4, -0.2) is 33.4 Å². The highest BCUT2D eigenvalue weighted by molar-refractivity contribution is 5.85. The van der Waals surface area contributed by atoms with Gasteiger partial charge in [-0.05, 0) is 36.3 Å². The van der Waals surface area contributed by atoms with Crippen LogP contribution in [0.25, 0.3) is 22.2 Å². The van der Waals surface area contributed by atoms with E-state index in [1.54, 1.807) is 6.20 Å². The van der Waals surface area contributed by atoms with E-state index in [9.17, 15) is 0 Å². The Labute approximate surface area is 134 Å². The first-order chi connectivity index (χ1) is 11.4. The third kappa shape index (κ3) is 3.08. The number of pyridine rings is 1. The van der Waals surface area contributed by atoms with Gasteiger partial charge in [-0.3, -0.25) is 10.1 Å². The molecule has 23 heavy (non-hydrogen) atoms. The van der Waals surface area contributed by atoms with Gasteiger partial charge in [-0.2, -0.15) is 10.1 Å². The largest absolute Gasteiger partial charge is 0.381 e. The van der Waals surface area contributed by atoms with Gasteiger partial charge in [0.05, 0.1) is 0 Å². The second kappa shape index (κ2) is 6.19. The standard InChI is InChI=1S/C18H16N4O/c1(13-6-9-23-10-7-13)4-17-20-18(22-21-17)15-2-3-16-12-19-8-5-14(16)11-15/h2-3,5,8,11-13H,6-7,9-10H2,(H,20,21,22). The highest BCUT2D eigenvalue weighted by atomic mass is 16.5. The number of aromatic amines is 1. The average molecular weight is 304 g/mol. The summed E-state index contributed by atoms with van der Waals surface area (Å²) in [5, 5.41) is 9.42. The number of benzene rings is 1. The summed E-state index contributed by atoms with van der Waals surface area (Å²) in [6, 6.07) is 8.08. The Balaban J connectivity index is 1.58. The SMILES string of the molecule is C(#CC1CCOCC1)c1nc(-c2ccc3cnccc3c2)n[nH]1. The lowest BCUT2D eigenvalue weighted by molar-refractivity contribution is 0.0807. The third-order valence-electron chi connectivity index (χ3n) is 4.00. The van der Waals surface area contributed by atoms with Crippen LogP contribution in [0, 0.1) is 17.8 Å². The van der Waals surface area contributed by atoms with Crippen LogP contribution in [0.1, 0.15) is 18.7 Å². The van der Waals surface area contributed by atoms with E-state index in [0.717, 1.165) is 42.4 Å². The van der Waals surface area contributed by atoms with Gasteiger partial charge in [0.25, 0.3) is 0 Å². The Morgan fingerprint density at radius 1 is 1.13 bits per heavy atom. The Bertz CT molecular complexity index is 884. The van der Waals surface area contributed by atoms with Gasteiger partial charge < -0.3 is 4.74 Å². The van der Waals surface area contributed by atoms with Gasteiger partial charge in [0, 0.05) is 42.5 Å². The third-order valence-corrected chi connectivity index (χ3v) is 4.00. The fourth-order valence-electron chi connectivity index (χ4n) is 2.68. The highest BCUT2D eigenvalue weighted by Crippen LogP contribution is 2.21. The maximum atomic E-state index is 5.34. The maximum absolute atomic E-state index is 5.34. The average Bonchev–Trinajstić information content (AvgIpc) is 3.09. The molecule has 0 atom stereocenters. The minimum atomic E-state index is 0.394. The van der Waals surface area contributed by atoms with Gasteiger partial charge in [-0.15, -0.1) is 0 Å². The van der Waals surface area contributed by atoms with Crippen molar-refractivity contribution in [3.05, 3.63) is 42.5 Å². The smallest absolute Gasteiger partial charge is 0.201 e. The van der Waals surface area contributed by atoms with Gasteiger partial charge in [0.15, 0.2) is 5.82 Å². The lowest BCUT2D eigenvalue weighted by Crippen LogP contribution is -2.13. The zero-order chi connectivity index (χ0) is 15.5. The van der Waals surface area contributed by atoms with Crippen molar-refractivity contribution in [1.29, 1.82) is 0 Å².